The molecule has 2 aromatic rings. The normalized spacial score (nSPS) is 19.2. The number of hydrogen-bond acceptors (Lipinski definition) is 4. The number of halogens is 1. The van der Waals surface area contributed by atoms with E-state index < -0.39 is 5.97 Å². The van der Waals surface area contributed by atoms with Gasteiger partial charge in [-0.1, -0.05) is 24.3 Å². The van der Waals surface area contributed by atoms with Gasteiger partial charge >= 0.3 is 5.97 Å². The zero-order valence-corrected chi connectivity index (χ0v) is 14.8. The van der Waals surface area contributed by atoms with Crippen LogP contribution in [0.25, 0.3) is 11.1 Å². The molecule has 1 saturated carbocycles. The van der Waals surface area contributed by atoms with Crippen molar-refractivity contribution < 1.29 is 23.8 Å². The van der Waals surface area contributed by atoms with Crippen LogP contribution in [0.4, 0.5) is 4.39 Å². The SMILES string of the molecule is CC(C)Oc1cc(-c2ccc([C@H]3C[C@@H](OCC(=O)O)C3)cc2)c(F)cn1. The van der Waals surface area contributed by atoms with Crippen molar-refractivity contribution in [3.05, 3.63) is 47.9 Å². The van der Waals surface area contributed by atoms with Gasteiger partial charge in [-0.15, -0.1) is 0 Å². The summed E-state index contributed by atoms with van der Waals surface area (Å²) in [6.07, 6.45) is 2.77. The van der Waals surface area contributed by atoms with Crippen LogP contribution in [0.15, 0.2) is 36.5 Å². The predicted octanol–water partition coefficient (Wildman–Crippen LogP) is 4.02. The molecule has 1 fully saturated rings. The van der Waals surface area contributed by atoms with Crippen molar-refractivity contribution in [3.8, 4) is 17.0 Å². The van der Waals surface area contributed by atoms with E-state index in [0.717, 1.165) is 24.0 Å². The smallest absolute Gasteiger partial charge is 0.329 e. The van der Waals surface area contributed by atoms with Gasteiger partial charge in [-0.25, -0.2) is 14.2 Å². The topological polar surface area (TPSA) is 68.7 Å². The van der Waals surface area contributed by atoms with Crippen molar-refractivity contribution >= 4 is 5.97 Å². The molecule has 6 heteroatoms. The minimum absolute atomic E-state index is 0.00385. The number of rotatable bonds is 7. The summed E-state index contributed by atoms with van der Waals surface area (Å²) in [7, 11) is 0. The van der Waals surface area contributed by atoms with E-state index in [1.165, 1.54) is 6.20 Å². The number of carboxylic acids is 1. The fourth-order valence-electron chi connectivity index (χ4n) is 3.04. The van der Waals surface area contributed by atoms with Crippen molar-refractivity contribution in [1.82, 2.24) is 4.98 Å². The number of nitrogens with zero attached hydrogens (tertiary/aromatic N) is 1. The van der Waals surface area contributed by atoms with Crippen LogP contribution in [0.2, 0.25) is 0 Å². The minimum Gasteiger partial charge on any atom is -0.480 e. The van der Waals surface area contributed by atoms with Crippen molar-refractivity contribution in [3.63, 3.8) is 0 Å². The van der Waals surface area contributed by atoms with Crippen molar-refractivity contribution in [2.75, 3.05) is 6.61 Å². The minimum atomic E-state index is -0.946. The molecule has 1 aromatic heterocycles. The van der Waals surface area contributed by atoms with Crippen molar-refractivity contribution in [2.24, 2.45) is 0 Å². The quantitative estimate of drug-likeness (QED) is 0.809. The first kappa shape index (κ1) is 18.3. The van der Waals surface area contributed by atoms with Gasteiger partial charge in [0.2, 0.25) is 5.88 Å². The Morgan fingerprint density at radius 2 is 2.00 bits per heavy atom. The lowest BCUT2D eigenvalue weighted by Gasteiger charge is -2.35. The second-order valence-electron chi connectivity index (χ2n) is 6.79. The highest BCUT2D eigenvalue weighted by Crippen LogP contribution is 2.39. The van der Waals surface area contributed by atoms with E-state index >= 15 is 0 Å². The molecule has 26 heavy (non-hydrogen) atoms. The van der Waals surface area contributed by atoms with Crippen LogP contribution < -0.4 is 4.74 Å². The summed E-state index contributed by atoms with van der Waals surface area (Å²) in [4.78, 5) is 14.5. The molecule has 1 aromatic carbocycles. The maximum absolute atomic E-state index is 14.1. The van der Waals surface area contributed by atoms with Gasteiger partial charge in [0.15, 0.2) is 0 Å². The largest absolute Gasteiger partial charge is 0.480 e. The van der Waals surface area contributed by atoms with Crippen LogP contribution in [-0.4, -0.2) is 34.9 Å². The lowest BCUT2D eigenvalue weighted by atomic mass is 9.77. The summed E-state index contributed by atoms with van der Waals surface area (Å²) < 4.78 is 25.0. The molecule has 0 amide bonds. The lowest BCUT2D eigenvalue weighted by molar-refractivity contribution is -0.146. The Morgan fingerprint density at radius 3 is 2.62 bits per heavy atom. The number of pyridine rings is 1. The third-order valence-corrected chi connectivity index (χ3v) is 4.42. The first-order valence-corrected chi connectivity index (χ1v) is 8.68. The molecule has 0 aliphatic heterocycles. The van der Waals surface area contributed by atoms with Crippen LogP contribution in [-0.2, 0) is 9.53 Å². The summed E-state index contributed by atoms with van der Waals surface area (Å²) in [6, 6.07) is 9.35. The third-order valence-electron chi connectivity index (χ3n) is 4.42. The number of carbonyl (C=O) groups is 1. The summed E-state index contributed by atoms with van der Waals surface area (Å²) in [6.45, 7) is 3.54. The van der Waals surface area contributed by atoms with E-state index in [-0.39, 0.29) is 24.6 Å². The Bertz CT molecular complexity index is 770. The van der Waals surface area contributed by atoms with E-state index in [9.17, 15) is 9.18 Å². The molecule has 0 saturated heterocycles. The average Bonchev–Trinajstić information content (AvgIpc) is 2.55. The summed E-state index contributed by atoms with van der Waals surface area (Å²) in [5.74, 6) is -0.583. The number of ether oxygens (including phenoxy) is 2. The summed E-state index contributed by atoms with van der Waals surface area (Å²) in [5, 5.41) is 8.62. The molecular weight excluding hydrogens is 337 g/mol. The fourth-order valence-corrected chi connectivity index (χ4v) is 3.04. The van der Waals surface area contributed by atoms with E-state index in [4.69, 9.17) is 14.6 Å². The highest BCUT2D eigenvalue weighted by atomic mass is 19.1. The highest BCUT2D eigenvalue weighted by molar-refractivity contribution is 5.68. The number of benzene rings is 1. The maximum Gasteiger partial charge on any atom is 0.329 e. The second kappa shape index (κ2) is 7.83. The molecule has 0 radical (unpaired) electrons. The van der Waals surface area contributed by atoms with E-state index in [1.807, 2.05) is 38.1 Å². The molecule has 1 heterocycles. The first-order valence-electron chi connectivity index (χ1n) is 8.68. The monoisotopic (exact) mass is 359 g/mol. The Hall–Kier alpha value is -2.47. The molecule has 0 atom stereocenters. The van der Waals surface area contributed by atoms with Crippen molar-refractivity contribution in [1.29, 1.82) is 0 Å². The van der Waals surface area contributed by atoms with Crippen LogP contribution in [0.3, 0.4) is 0 Å². The molecule has 1 N–H and O–H groups in total. The maximum atomic E-state index is 14.1. The van der Waals surface area contributed by atoms with Gasteiger partial charge in [0.1, 0.15) is 12.4 Å². The van der Waals surface area contributed by atoms with Gasteiger partial charge in [-0.05, 0) is 43.7 Å². The fraction of sp³-hybridized carbons (Fsp3) is 0.400. The zero-order chi connectivity index (χ0) is 18.7. The summed E-state index contributed by atoms with van der Waals surface area (Å²) in [5.41, 5.74) is 2.37. The van der Waals surface area contributed by atoms with Crippen LogP contribution >= 0.6 is 0 Å². The van der Waals surface area contributed by atoms with Gasteiger partial charge in [0.05, 0.1) is 18.4 Å². The number of carboxylic acid groups (broad SMARTS) is 1. The van der Waals surface area contributed by atoms with Crippen molar-refractivity contribution in [2.45, 2.75) is 44.8 Å². The molecule has 3 rings (SSSR count). The van der Waals surface area contributed by atoms with Crippen LogP contribution in [0.5, 0.6) is 5.88 Å². The first-order chi connectivity index (χ1) is 12.4. The molecule has 0 unspecified atom stereocenters. The number of aromatic nitrogens is 1. The molecule has 0 spiro atoms. The van der Waals surface area contributed by atoms with E-state index in [2.05, 4.69) is 4.98 Å². The molecule has 1 aliphatic carbocycles. The van der Waals surface area contributed by atoms with Gasteiger partial charge in [-0.2, -0.15) is 0 Å². The van der Waals surface area contributed by atoms with Gasteiger partial charge in [0, 0.05) is 11.6 Å². The Kier molecular flexibility index (Phi) is 5.52. The Morgan fingerprint density at radius 1 is 1.31 bits per heavy atom. The van der Waals surface area contributed by atoms with Gasteiger partial charge < -0.3 is 14.6 Å². The third kappa shape index (κ3) is 4.38. The molecular formula is C20H22FNO4. The number of aliphatic carboxylic acids is 1. The van der Waals surface area contributed by atoms with Gasteiger partial charge in [0.25, 0.3) is 0 Å². The van der Waals surface area contributed by atoms with E-state index in [0.29, 0.717) is 17.4 Å². The zero-order valence-electron chi connectivity index (χ0n) is 14.8. The number of hydrogen-bond donors (Lipinski definition) is 1. The summed E-state index contributed by atoms with van der Waals surface area (Å²) >= 11 is 0. The molecule has 1 aliphatic rings. The standard InChI is InChI=1S/C20H22FNO4/c1-12(2)26-19-9-17(18(21)10-22-19)14-5-3-13(4-6-14)15-7-16(8-15)25-11-20(23)24/h3-6,9-10,12,15-16H,7-8,11H2,1-2H3,(H,23,24)/t15-,16+. The molecule has 5 nitrogen and oxygen atoms in total. The van der Waals surface area contributed by atoms with Crippen LogP contribution in [0, 0.1) is 5.82 Å². The average molecular weight is 359 g/mol. The lowest BCUT2D eigenvalue weighted by Crippen LogP contribution is -2.31. The van der Waals surface area contributed by atoms with Gasteiger partial charge in [-0.3, -0.25) is 0 Å². The Labute approximate surface area is 151 Å². The highest BCUT2D eigenvalue weighted by Gasteiger charge is 2.31. The van der Waals surface area contributed by atoms with E-state index in [1.54, 1.807) is 6.07 Å². The predicted molar refractivity (Wildman–Crippen MR) is 94.7 cm³/mol. The Balaban J connectivity index is 1.66. The second-order valence-corrected chi connectivity index (χ2v) is 6.79. The molecule has 138 valence electrons. The molecule has 0 bridgehead atoms. The van der Waals surface area contributed by atoms with Crippen LogP contribution in [0.1, 0.15) is 38.2 Å².